The number of hydrogen-bond donors (Lipinski definition) is 1. The lowest BCUT2D eigenvalue weighted by Gasteiger charge is -2.10. The number of halogens is 1. The lowest BCUT2D eigenvalue weighted by molar-refractivity contribution is -0.116. The molecule has 0 saturated carbocycles. The number of carbonyl (C=O) groups is 1. The smallest absolute Gasteiger partial charge is 0.227 e. The van der Waals surface area contributed by atoms with Gasteiger partial charge in [0.15, 0.2) is 0 Å². The van der Waals surface area contributed by atoms with Crippen molar-refractivity contribution in [3.8, 4) is 17.1 Å². The first-order valence-corrected chi connectivity index (χ1v) is 8.63. The first-order valence-electron chi connectivity index (χ1n) is 8.26. The fourth-order valence-electron chi connectivity index (χ4n) is 2.36. The van der Waals surface area contributed by atoms with Gasteiger partial charge in [-0.05, 0) is 43.3 Å². The molecule has 1 amide bonds. The summed E-state index contributed by atoms with van der Waals surface area (Å²) >= 11 is 5.87. The van der Waals surface area contributed by atoms with Crippen molar-refractivity contribution in [2.75, 3.05) is 11.9 Å². The van der Waals surface area contributed by atoms with Crippen molar-refractivity contribution in [2.45, 2.75) is 19.8 Å². The van der Waals surface area contributed by atoms with E-state index in [9.17, 15) is 4.79 Å². The van der Waals surface area contributed by atoms with Gasteiger partial charge in [-0.15, -0.1) is 0 Å². The lowest BCUT2D eigenvalue weighted by atomic mass is 10.2. The third kappa shape index (κ3) is 4.61. The molecule has 0 spiro atoms. The fourth-order valence-corrected chi connectivity index (χ4v) is 2.48. The molecule has 7 heteroatoms. The molecule has 26 heavy (non-hydrogen) atoms. The van der Waals surface area contributed by atoms with Crippen LogP contribution in [0.5, 0.6) is 5.75 Å². The van der Waals surface area contributed by atoms with E-state index in [4.69, 9.17) is 20.9 Å². The standard InChI is InChI=1S/C19H18ClN3O3/c1-2-25-16-6-4-3-5-15(16)21-17(24)11-12-18-22-19(23-26-18)13-7-9-14(20)10-8-13/h3-10H,2,11-12H2,1H3,(H,21,24). The van der Waals surface area contributed by atoms with E-state index >= 15 is 0 Å². The van der Waals surface area contributed by atoms with Gasteiger partial charge in [-0.3, -0.25) is 4.79 Å². The minimum Gasteiger partial charge on any atom is -0.492 e. The average molecular weight is 372 g/mol. The van der Waals surface area contributed by atoms with Gasteiger partial charge in [0.05, 0.1) is 12.3 Å². The van der Waals surface area contributed by atoms with Gasteiger partial charge in [0.25, 0.3) is 0 Å². The summed E-state index contributed by atoms with van der Waals surface area (Å²) < 4.78 is 10.7. The van der Waals surface area contributed by atoms with Gasteiger partial charge < -0.3 is 14.6 Å². The molecule has 3 aromatic rings. The van der Waals surface area contributed by atoms with Crippen LogP contribution < -0.4 is 10.1 Å². The van der Waals surface area contributed by atoms with Crippen molar-refractivity contribution in [3.05, 3.63) is 59.4 Å². The van der Waals surface area contributed by atoms with Gasteiger partial charge >= 0.3 is 0 Å². The van der Waals surface area contributed by atoms with Crippen LogP contribution in [-0.4, -0.2) is 22.7 Å². The summed E-state index contributed by atoms with van der Waals surface area (Å²) in [6.45, 7) is 2.43. The molecule has 0 atom stereocenters. The lowest BCUT2D eigenvalue weighted by Crippen LogP contribution is -2.13. The Kier molecular flexibility index (Phi) is 5.86. The van der Waals surface area contributed by atoms with Gasteiger partial charge in [0.1, 0.15) is 5.75 Å². The summed E-state index contributed by atoms with van der Waals surface area (Å²) in [4.78, 5) is 16.5. The Labute approximate surface area is 156 Å². The number of rotatable bonds is 7. The van der Waals surface area contributed by atoms with E-state index in [2.05, 4.69) is 15.5 Å². The van der Waals surface area contributed by atoms with E-state index in [1.165, 1.54) is 0 Å². The van der Waals surface area contributed by atoms with Crippen LogP contribution in [0.15, 0.2) is 53.1 Å². The van der Waals surface area contributed by atoms with Crippen molar-refractivity contribution < 1.29 is 14.1 Å². The molecular weight excluding hydrogens is 354 g/mol. The zero-order valence-electron chi connectivity index (χ0n) is 14.2. The molecule has 6 nitrogen and oxygen atoms in total. The molecule has 0 radical (unpaired) electrons. The monoisotopic (exact) mass is 371 g/mol. The van der Waals surface area contributed by atoms with Gasteiger partial charge in [-0.1, -0.05) is 28.9 Å². The number of amides is 1. The zero-order valence-corrected chi connectivity index (χ0v) is 15.0. The second-order valence-corrected chi connectivity index (χ2v) is 5.93. The normalized spacial score (nSPS) is 10.5. The summed E-state index contributed by atoms with van der Waals surface area (Å²) in [5, 5.41) is 7.42. The SMILES string of the molecule is CCOc1ccccc1NC(=O)CCc1nc(-c2ccc(Cl)cc2)no1. The number of nitrogens with one attached hydrogen (secondary N) is 1. The number of aromatic nitrogens is 2. The van der Waals surface area contributed by atoms with E-state index in [0.717, 1.165) is 5.56 Å². The summed E-state index contributed by atoms with van der Waals surface area (Å²) in [6.07, 6.45) is 0.575. The number of ether oxygens (including phenoxy) is 1. The van der Waals surface area contributed by atoms with Crippen LogP contribution in [0.1, 0.15) is 19.2 Å². The molecule has 3 rings (SSSR count). The highest BCUT2D eigenvalue weighted by Crippen LogP contribution is 2.24. The summed E-state index contributed by atoms with van der Waals surface area (Å²) in [7, 11) is 0. The van der Waals surface area contributed by atoms with Crippen LogP contribution in [0, 0.1) is 0 Å². The quantitative estimate of drug-likeness (QED) is 0.667. The zero-order chi connectivity index (χ0) is 18.4. The molecule has 0 saturated heterocycles. The Balaban J connectivity index is 1.58. The van der Waals surface area contributed by atoms with E-state index in [0.29, 0.717) is 41.2 Å². The van der Waals surface area contributed by atoms with E-state index in [1.807, 2.05) is 37.3 Å². The Morgan fingerprint density at radius 1 is 1.19 bits per heavy atom. The largest absolute Gasteiger partial charge is 0.492 e. The van der Waals surface area contributed by atoms with Crippen LogP contribution >= 0.6 is 11.6 Å². The van der Waals surface area contributed by atoms with Crippen molar-refractivity contribution in [3.63, 3.8) is 0 Å². The third-order valence-corrected chi connectivity index (χ3v) is 3.85. The van der Waals surface area contributed by atoms with Crippen molar-refractivity contribution in [1.82, 2.24) is 10.1 Å². The molecule has 0 aliphatic rings. The molecule has 1 heterocycles. The van der Waals surface area contributed by atoms with Gasteiger partial charge in [-0.25, -0.2) is 0 Å². The Bertz CT molecular complexity index is 878. The predicted octanol–water partition coefficient (Wildman–Crippen LogP) is 4.36. The first kappa shape index (κ1) is 17.9. The predicted molar refractivity (Wildman–Crippen MR) is 99.3 cm³/mol. The molecule has 0 unspecified atom stereocenters. The molecule has 0 aliphatic heterocycles. The topological polar surface area (TPSA) is 77.2 Å². The van der Waals surface area contributed by atoms with Crippen molar-refractivity contribution in [1.29, 1.82) is 0 Å². The fraction of sp³-hybridized carbons (Fsp3) is 0.211. The number of aryl methyl sites for hydroxylation is 1. The van der Waals surface area contributed by atoms with Crippen LogP contribution in [-0.2, 0) is 11.2 Å². The Morgan fingerprint density at radius 3 is 2.73 bits per heavy atom. The highest BCUT2D eigenvalue weighted by atomic mass is 35.5. The minimum atomic E-state index is -0.150. The summed E-state index contributed by atoms with van der Waals surface area (Å²) in [5.41, 5.74) is 1.45. The van der Waals surface area contributed by atoms with Crippen LogP contribution in [0.25, 0.3) is 11.4 Å². The molecule has 1 N–H and O–H groups in total. The maximum atomic E-state index is 12.2. The number of nitrogens with zero attached hydrogens (tertiary/aromatic N) is 2. The molecule has 0 fully saturated rings. The molecule has 2 aromatic carbocycles. The van der Waals surface area contributed by atoms with Crippen LogP contribution in [0.4, 0.5) is 5.69 Å². The molecular formula is C19H18ClN3O3. The number of hydrogen-bond acceptors (Lipinski definition) is 5. The average Bonchev–Trinajstić information content (AvgIpc) is 3.11. The number of benzene rings is 2. The van der Waals surface area contributed by atoms with Crippen LogP contribution in [0.2, 0.25) is 5.02 Å². The minimum absolute atomic E-state index is 0.150. The Morgan fingerprint density at radius 2 is 1.96 bits per heavy atom. The van der Waals surface area contributed by atoms with Gasteiger partial charge in [0.2, 0.25) is 17.6 Å². The maximum absolute atomic E-state index is 12.2. The molecule has 0 aliphatic carbocycles. The summed E-state index contributed by atoms with van der Waals surface area (Å²) in [5.74, 6) is 1.37. The van der Waals surface area contributed by atoms with E-state index in [1.54, 1.807) is 18.2 Å². The second-order valence-electron chi connectivity index (χ2n) is 5.50. The first-order chi connectivity index (χ1) is 12.7. The Hall–Kier alpha value is -2.86. The van der Waals surface area contributed by atoms with Crippen LogP contribution in [0.3, 0.4) is 0 Å². The third-order valence-electron chi connectivity index (χ3n) is 3.60. The molecule has 0 bridgehead atoms. The molecule has 134 valence electrons. The highest BCUT2D eigenvalue weighted by Gasteiger charge is 2.12. The van der Waals surface area contributed by atoms with Gasteiger partial charge in [-0.2, -0.15) is 4.98 Å². The van der Waals surface area contributed by atoms with Gasteiger partial charge in [0, 0.05) is 23.4 Å². The highest BCUT2D eigenvalue weighted by molar-refractivity contribution is 6.30. The van der Waals surface area contributed by atoms with Crippen molar-refractivity contribution in [2.24, 2.45) is 0 Å². The second kappa shape index (κ2) is 8.49. The maximum Gasteiger partial charge on any atom is 0.227 e. The van der Waals surface area contributed by atoms with E-state index in [-0.39, 0.29) is 12.3 Å². The molecule has 1 aromatic heterocycles. The summed E-state index contributed by atoms with van der Waals surface area (Å²) in [6, 6.07) is 14.5. The number of carbonyl (C=O) groups excluding carboxylic acids is 1. The number of anilines is 1. The number of para-hydroxylation sites is 2. The van der Waals surface area contributed by atoms with E-state index < -0.39 is 0 Å². The van der Waals surface area contributed by atoms with Crippen molar-refractivity contribution >= 4 is 23.2 Å².